The molecule has 0 aliphatic rings. The van der Waals surface area contributed by atoms with Crippen LogP contribution in [0.1, 0.15) is 43.4 Å². The van der Waals surface area contributed by atoms with Crippen molar-refractivity contribution in [2.75, 3.05) is 0 Å². The Labute approximate surface area is 174 Å². The van der Waals surface area contributed by atoms with Crippen LogP contribution in [0.2, 0.25) is 0 Å². The van der Waals surface area contributed by atoms with E-state index in [0.717, 1.165) is 36.8 Å². The molecule has 0 saturated heterocycles. The zero-order valence-electron chi connectivity index (χ0n) is 17.1. The minimum absolute atomic E-state index is 0.258. The van der Waals surface area contributed by atoms with Crippen LogP contribution in [0.15, 0.2) is 82.6 Å². The summed E-state index contributed by atoms with van der Waals surface area (Å²) in [5.41, 5.74) is 3.41. The van der Waals surface area contributed by atoms with Crippen LogP contribution in [0.3, 0.4) is 0 Å². The van der Waals surface area contributed by atoms with Crippen LogP contribution >= 0.6 is 0 Å². The molecule has 0 amide bonds. The molecule has 0 aromatic heterocycles. The predicted molar refractivity (Wildman–Crippen MR) is 117 cm³/mol. The van der Waals surface area contributed by atoms with E-state index in [9.17, 15) is 8.42 Å². The summed E-state index contributed by atoms with van der Waals surface area (Å²) in [6, 6.07) is 22.1. The molecule has 0 spiro atoms. The molecular weight excluding hydrogens is 380 g/mol. The van der Waals surface area contributed by atoms with E-state index < -0.39 is 9.84 Å². The lowest BCUT2D eigenvalue weighted by atomic mass is 10.00. The highest BCUT2D eigenvalue weighted by Crippen LogP contribution is 2.27. The van der Waals surface area contributed by atoms with E-state index >= 15 is 0 Å². The fourth-order valence-electron chi connectivity index (χ4n) is 3.39. The number of hydrogen-bond donors (Lipinski definition) is 0. The molecule has 3 aromatic carbocycles. The molecule has 152 valence electrons. The lowest BCUT2D eigenvalue weighted by molar-refractivity contribution is 0.305. The van der Waals surface area contributed by atoms with Gasteiger partial charge in [0.05, 0.1) is 9.79 Å². The SMILES string of the molecule is CCCc1ccc(S(=O)(=O)c2cccc(OCc3ccccc3)c2)cc1CCC. The Morgan fingerprint density at radius 1 is 0.724 bits per heavy atom. The Bertz CT molecular complexity index is 1040. The van der Waals surface area contributed by atoms with Gasteiger partial charge in [0.1, 0.15) is 12.4 Å². The molecule has 0 saturated carbocycles. The summed E-state index contributed by atoms with van der Waals surface area (Å²) < 4.78 is 32.3. The van der Waals surface area contributed by atoms with Crippen molar-refractivity contribution in [1.29, 1.82) is 0 Å². The van der Waals surface area contributed by atoms with Gasteiger partial charge < -0.3 is 4.74 Å². The van der Waals surface area contributed by atoms with Gasteiger partial charge in [-0.05, 0) is 59.9 Å². The Kier molecular flexibility index (Phi) is 7.10. The minimum atomic E-state index is -3.60. The number of ether oxygens (including phenoxy) is 1. The van der Waals surface area contributed by atoms with Crippen LogP contribution in [-0.4, -0.2) is 8.42 Å². The zero-order chi connectivity index (χ0) is 20.7. The highest BCUT2D eigenvalue weighted by atomic mass is 32.2. The molecule has 0 heterocycles. The van der Waals surface area contributed by atoms with Gasteiger partial charge in [-0.2, -0.15) is 0 Å². The number of aryl methyl sites for hydroxylation is 2. The minimum Gasteiger partial charge on any atom is -0.489 e. The molecule has 0 N–H and O–H groups in total. The smallest absolute Gasteiger partial charge is 0.206 e. The van der Waals surface area contributed by atoms with Crippen molar-refractivity contribution in [1.82, 2.24) is 0 Å². The molecule has 3 rings (SSSR count). The second-order valence-electron chi connectivity index (χ2n) is 7.18. The first kappa shape index (κ1) is 21.1. The molecule has 0 radical (unpaired) electrons. The van der Waals surface area contributed by atoms with Crippen molar-refractivity contribution >= 4 is 9.84 Å². The summed E-state index contributed by atoms with van der Waals surface area (Å²) in [6.07, 6.45) is 3.89. The molecule has 0 fully saturated rings. The van der Waals surface area contributed by atoms with Gasteiger partial charge in [0.15, 0.2) is 0 Å². The standard InChI is InChI=1S/C25H28O3S/c1-3-9-21-15-16-25(17-22(21)10-4-2)29(26,27)24-14-8-13-23(18-24)28-19-20-11-6-5-7-12-20/h5-8,11-18H,3-4,9-10,19H2,1-2H3. The van der Waals surface area contributed by atoms with E-state index in [1.807, 2.05) is 42.5 Å². The maximum atomic E-state index is 13.2. The predicted octanol–water partition coefficient (Wildman–Crippen LogP) is 6.00. The lowest BCUT2D eigenvalue weighted by Crippen LogP contribution is -2.05. The second-order valence-corrected chi connectivity index (χ2v) is 9.13. The topological polar surface area (TPSA) is 43.4 Å². The van der Waals surface area contributed by atoms with E-state index in [0.29, 0.717) is 17.3 Å². The quantitative estimate of drug-likeness (QED) is 0.436. The van der Waals surface area contributed by atoms with Gasteiger partial charge in [0.2, 0.25) is 9.84 Å². The van der Waals surface area contributed by atoms with Crippen LogP contribution in [-0.2, 0) is 29.3 Å². The fourth-order valence-corrected chi connectivity index (χ4v) is 4.74. The number of sulfone groups is 1. The third-order valence-electron chi connectivity index (χ3n) is 4.89. The Hall–Kier alpha value is -2.59. The Morgan fingerprint density at radius 2 is 1.41 bits per heavy atom. The third-order valence-corrected chi connectivity index (χ3v) is 6.64. The molecule has 0 aliphatic carbocycles. The van der Waals surface area contributed by atoms with Gasteiger partial charge in [-0.15, -0.1) is 0 Å². The average molecular weight is 409 g/mol. The van der Waals surface area contributed by atoms with Gasteiger partial charge in [0.25, 0.3) is 0 Å². The maximum absolute atomic E-state index is 13.2. The molecule has 0 atom stereocenters. The van der Waals surface area contributed by atoms with E-state index in [2.05, 4.69) is 13.8 Å². The van der Waals surface area contributed by atoms with Crippen LogP contribution < -0.4 is 4.74 Å². The normalized spacial score (nSPS) is 11.4. The van der Waals surface area contributed by atoms with Crippen molar-refractivity contribution in [2.45, 2.75) is 55.9 Å². The Morgan fingerprint density at radius 3 is 2.14 bits per heavy atom. The molecule has 0 bridgehead atoms. The summed E-state index contributed by atoms with van der Waals surface area (Å²) in [6.45, 7) is 4.66. The number of benzene rings is 3. The summed E-state index contributed by atoms with van der Waals surface area (Å²) in [7, 11) is -3.60. The van der Waals surface area contributed by atoms with Crippen LogP contribution in [0.4, 0.5) is 0 Å². The van der Waals surface area contributed by atoms with Crippen molar-refractivity contribution in [3.63, 3.8) is 0 Å². The molecule has 0 unspecified atom stereocenters. The molecule has 0 aliphatic heterocycles. The zero-order valence-corrected chi connectivity index (χ0v) is 17.9. The van der Waals surface area contributed by atoms with Crippen LogP contribution in [0.25, 0.3) is 0 Å². The first-order valence-electron chi connectivity index (χ1n) is 10.2. The summed E-state index contributed by atoms with van der Waals surface area (Å²) in [5.74, 6) is 0.548. The van der Waals surface area contributed by atoms with Crippen molar-refractivity contribution in [2.24, 2.45) is 0 Å². The first-order chi connectivity index (χ1) is 14.0. The fraction of sp³-hybridized carbons (Fsp3) is 0.280. The van der Waals surface area contributed by atoms with E-state index in [-0.39, 0.29) is 4.90 Å². The van der Waals surface area contributed by atoms with Gasteiger partial charge in [-0.3, -0.25) is 0 Å². The molecule has 4 heteroatoms. The van der Waals surface area contributed by atoms with Crippen molar-refractivity contribution in [3.05, 3.63) is 89.5 Å². The average Bonchev–Trinajstić information content (AvgIpc) is 2.75. The van der Waals surface area contributed by atoms with Gasteiger partial charge in [0, 0.05) is 0 Å². The van der Waals surface area contributed by atoms with Crippen molar-refractivity contribution in [3.8, 4) is 5.75 Å². The van der Waals surface area contributed by atoms with Gasteiger partial charge in [-0.1, -0.05) is 69.2 Å². The summed E-state index contributed by atoms with van der Waals surface area (Å²) >= 11 is 0. The van der Waals surface area contributed by atoms with E-state index in [4.69, 9.17) is 4.74 Å². The van der Waals surface area contributed by atoms with Crippen LogP contribution in [0, 0.1) is 0 Å². The first-order valence-corrected chi connectivity index (χ1v) is 11.7. The number of hydrogen-bond acceptors (Lipinski definition) is 3. The summed E-state index contributed by atoms with van der Waals surface area (Å²) in [5, 5.41) is 0. The lowest BCUT2D eigenvalue weighted by Gasteiger charge is -2.12. The molecular formula is C25H28O3S. The van der Waals surface area contributed by atoms with E-state index in [1.165, 1.54) is 5.56 Å². The van der Waals surface area contributed by atoms with Crippen LogP contribution in [0.5, 0.6) is 5.75 Å². The van der Waals surface area contributed by atoms with E-state index in [1.54, 1.807) is 30.3 Å². The molecule has 3 nitrogen and oxygen atoms in total. The molecule has 3 aromatic rings. The highest BCUT2D eigenvalue weighted by molar-refractivity contribution is 7.91. The molecule has 29 heavy (non-hydrogen) atoms. The van der Waals surface area contributed by atoms with Gasteiger partial charge >= 0.3 is 0 Å². The third kappa shape index (κ3) is 5.27. The van der Waals surface area contributed by atoms with Crippen molar-refractivity contribution < 1.29 is 13.2 Å². The summed E-state index contributed by atoms with van der Waals surface area (Å²) in [4.78, 5) is 0.606. The highest BCUT2D eigenvalue weighted by Gasteiger charge is 2.19. The maximum Gasteiger partial charge on any atom is 0.206 e. The Balaban J connectivity index is 1.86. The largest absolute Gasteiger partial charge is 0.489 e. The number of rotatable bonds is 9. The second kappa shape index (κ2) is 9.75. The van der Waals surface area contributed by atoms with Gasteiger partial charge in [-0.25, -0.2) is 8.42 Å². The monoisotopic (exact) mass is 408 g/mol.